The number of aryl methyl sites for hydroxylation is 1. The van der Waals surface area contributed by atoms with E-state index in [1.165, 1.54) is 11.3 Å². The molecule has 4 nitrogen and oxygen atoms in total. The molecule has 0 bridgehead atoms. The van der Waals surface area contributed by atoms with Gasteiger partial charge in [0.05, 0.1) is 0 Å². The van der Waals surface area contributed by atoms with Gasteiger partial charge in [0.25, 0.3) is 0 Å². The van der Waals surface area contributed by atoms with E-state index in [4.69, 9.17) is 5.11 Å². The summed E-state index contributed by atoms with van der Waals surface area (Å²) >= 11 is 0. The lowest BCUT2D eigenvalue weighted by Crippen LogP contribution is -2.29. The van der Waals surface area contributed by atoms with Gasteiger partial charge in [-0.2, -0.15) is 0 Å². The molecule has 0 radical (unpaired) electrons. The van der Waals surface area contributed by atoms with Crippen molar-refractivity contribution in [3.8, 4) is 0 Å². The van der Waals surface area contributed by atoms with Crippen LogP contribution in [-0.2, 0) is 11.2 Å². The highest BCUT2D eigenvalue weighted by atomic mass is 16.4. The molecule has 0 unspecified atom stereocenters. The molecule has 1 aromatic rings. The van der Waals surface area contributed by atoms with Crippen LogP contribution in [0, 0.1) is 0 Å². The summed E-state index contributed by atoms with van der Waals surface area (Å²) in [5, 5.41) is 8.60. The molecule has 2 rings (SSSR count). The summed E-state index contributed by atoms with van der Waals surface area (Å²) in [6, 6.07) is 5.89. The molecule has 0 aromatic heterocycles. The number of benzene rings is 1. The minimum absolute atomic E-state index is 0.0377. The maximum Gasteiger partial charge on any atom is 0.303 e. The van der Waals surface area contributed by atoms with Crippen LogP contribution in [0.15, 0.2) is 18.2 Å². The van der Waals surface area contributed by atoms with E-state index < -0.39 is 5.97 Å². The van der Waals surface area contributed by atoms with Gasteiger partial charge in [-0.1, -0.05) is 12.1 Å². The number of Topliss-reactive ketones (excluding diaryl/α,β-unsaturated/α-hetero) is 1. The Morgan fingerprint density at radius 1 is 1.30 bits per heavy atom. The third kappa shape index (κ3) is 3.38. The predicted molar refractivity (Wildman–Crippen MR) is 78.5 cm³/mol. The Morgan fingerprint density at radius 3 is 2.80 bits per heavy atom. The van der Waals surface area contributed by atoms with Crippen molar-refractivity contribution in [3.05, 3.63) is 29.3 Å². The van der Waals surface area contributed by atoms with Gasteiger partial charge in [0.1, 0.15) is 0 Å². The van der Waals surface area contributed by atoms with E-state index in [1.807, 2.05) is 18.2 Å². The second-order valence-corrected chi connectivity index (χ2v) is 5.20. The zero-order valence-electron chi connectivity index (χ0n) is 11.9. The first-order valence-corrected chi connectivity index (χ1v) is 7.24. The van der Waals surface area contributed by atoms with Crippen molar-refractivity contribution in [2.45, 2.75) is 39.0 Å². The van der Waals surface area contributed by atoms with Gasteiger partial charge in [-0.05, 0) is 37.8 Å². The molecule has 1 aliphatic heterocycles. The SMILES string of the molecule is CCN1CCCc2ccc(C(=O)CCCC(=O)O)cc21. The Hall–Kier alpha value is -1.84. The molecule has 1 N–H and O–H groups in total. The molecule has 4 heteroatoms. The lowest BCUT2D eigenvalue weighted by Gasteiger charge is -2.30. The minimum Gasteiger partial charge on any atom is -0.481 e. The second-order valence-electron chi connectivity index (χ2n) is 5.20. The van der Waals surface area contributed by atoms with Crippen molar-refractivity contribution in [1.29, 1.82) is 0 Å². The van der Waals surface area contributed by atoms with Crippen molar-refractivity contribution in [1.82, 2.24) is 0 Å². The van der Waals surface area contributed by atoms with Crippen LogP contribution in [0.1, 0.15) is 48.5 Å². The number of anilines is 1. The van der Waals surface area contributed by atoms with E-state index in [9.17, 15) is 9.59 Å². The molecule has 1 aliphatic rings. The normalized spacial score (nSPS) is 13.9. The van der Waals surface area contributed by atoms with E-state index in [-0.39, 0.29) is 12.2 Å². The quantitative estimate of drug-likeness (QED) is 0.811. The maximum atomic E-state index is 12.1. The Morgan fingerprint density at radius 2 is 2.10 bits per heavy atom. The zero-order chi connectivity index (χ0) is 14.5. The van der Waals surface area contributed by atoms with Gasteiger partial charge in [-0.25, -0.2) is 0 Å². The van der Waals surface area contributed by atoms with Crippen LogP contribution in [0.25, 0.3) is 0 Å². The van der Waals surface area contributed by atoms with Crippen molar-refractivity contribution in [2.24, 2.45) is 0 Å². The highest BCUT2D eigenvalue weighted by Gasteiger charge is 2.17. The Bertz CT molecular complexity index is 510. The highest BCUT2D eigenvalue weighted by molar-refractivity contribution is 5.97. The number of fused-ring (bicyclic) bond motifs is 1. The minimum atomic E-state index is -0.847. The number of carboxylic acid groups (broad SMARTS) is 1. The number of carbonyl (C=O) groups is 2. The first-order valence-electron chi connectivity index (χ1n) is 7.24. The summed E-state index contributed by atoms with van der Waals surface area (Å²) in [5.41, 5.74) is 3.18. The maximum absolute atomic E-state index is 12.1. The van der Waals surface area contributed by atoms with Crippen molar-refractivity contribution in [2.75, 3.05) is 18.0 Å². The van der Waals surface area contributed by atoms with Gasteiger partial charge in [-0.15, -0.1) is 0 Å². The summed E-state index contributed by atoms with van der Waals surface area (Å²) in [5.74, 6) is -0.809. The number of aliphatic carboxylic acids is 1. The van der Waals surface area contributed by atoms with Crippen LogP contribution >= 0.6 is 0 Å². The monoisotopic (exact) mass is 275 g/mol. The topological polar surface area (TPSA) is 57.6 Å². The van der Waals surface area contributed by atoms with Crippen LogP contribution < -0.4 is 4.90 Å². The molecule has 1 heterocycles. The van der Waals surface area contributed by atoms with Crippen LogP contribution in [0.5, 0.6) is 0 Å². The van der Waals surface area contributed by atoms with Gasteiger partial charge in [0.2, 0.25) is 0 Å². The first kappa shape index (κ1) is 14.6. The lowest BCUT2D eigenvalue weighted by molar-refractivity contribution is -0.137. The predicted octanol–water partition coefficient (Wildman–Crippen LogP) is 2.90. The Kier molecular flexibility index (Phi) is 4.77. The van der Waals surface area contributed by atoms with Crippen LogP contribution in [0.2, 0.25) is 0 Å². The molecule has 108 valence electrons. The second kappa shape index (κ2) is 6.55. The molecular formula is C16H21NO3. The molecule has 0 spiro atoms. The van der Waals surface area contributed by atoms with Crippen molar-refractivity contribution < 1.29 is 14.7 Å². The van der Waals surface area contributed by atoms with Crippen molar-refractivity contribution >= 4 is 17.4 Å². The molecule has 0 atom stereocenters. The lowest BCUT2D eigenvalue weighted by atomic mass is 9.97. The fourth-order valence-corrected chi connectivity index (χ4v) is 2.70. The zero-order valence-corrected chi connectivity index (χ0v) is 11.9. The molecule has 1 aromatic carbocycles. The van der Waals surface area contributed by atoms with Crippen LogP contribution in [0.3, 0.4) is 0 Å². The van der Waals surface area contributed by atoms with E-state index in [1.54, 1.807) is 0 Å². The first-order chi connectivity index (χ1) is 9.61. The molecular weight excluding hydrogens is 254 g/mol. The molecule has 0 amide bonds. The summed E-state index contributed by atoms with van der Waals surface area (Å²) in [6.45, 7) is 4.11. The third-order valence-corrected chi connectivity index (χ3v) is 3.80. The highest BCUT2D eigenvalue weighted by Crippen LogP contribution is 2.28. The van der Waals surface area contributed by atoms with E-state index in [2.05, 4.69) is 11.8 Å². The average Bonchev–Trinajstić information content (AvgIpc) is 2.45. The van der Waals surface area contributed by atoms with E-state index in [0.29, 0.717) is 18.4 Å². The molecule has 0 aliphatic carbocycles. The fraction of sp³-hybridized carbons (Fsp3) is 0.500. The number of nitrogens with zero attached hydrogens (tertiary/aromatic N) is 1. The van der Waals surface area contributed by atoms with Gasteiger partial charge < -0.3 is 10.0 Å². The molecule has 0 fully saturated rings. The summed E-state index contributed by atoms with van der Waals surface area (Å²) in [4.78, 5) is 24.9. The number of rotatable bonds is 6. The smallest absolute Gasteiger partial charge is 0.303 e. The standard InChI is InChI=1S/C16H21NO3/c1-2-17-10-4-5-12-8-9-13(11-14(12)17)15(18)6-3-7-16(19)20/h8-9,11H,2-7,10H2,1H3,(H,19,20). The number of hydrogen-bond acceptors (Lipinski definition) is 3. The molecule has 20 heavy (non-hydrogen) atoms. The third-order valence-electron chi connectivity index (χ3n) is 3.80. The number of carboxylic acids is 1. The van der Waals surface area contributed by atoms with Gasteiger partial charge in [0, 0.05) is 37.2 Å². The van der Waals surface area contributed by atoms with Crippen molar-refractivity contribution in [3.63, 3.8) is 0 Å². The number of ketones is 1. The number of hydrogen-bond donors (Lipinski definition) is 1. The number of carbonyl (C=O) groups excluding carboxylic acids is 1. The van der Waals surface area contributed by atoms with Gasteiger partial charge >= 0.3 is 5.97 Å². The largest absolute Gasteiger partial charge is 0.481 e. The van der Waals surface area contributed by atoms with Gasteiger partial charge in [-0.3, -0.25) is 9.59 Å². The Labute approximate surface area is 119 Å². The Balaban J connectivity index is 2.09. The summed E-state index contributed by atoms with van der Waals surface area (Å²) in [7, 11) is 0. The fourth-order valence-electron chi connectivity index (χ4n) is 2.70. The van der Waals surface area contributed by atoms with Crippen LogP contribution in [0.4, 0.5) is 5.69 Å². The average molecular weight is 275 g/mol. The summed E-state index contributed by atoms with van der Waals surface area (Å²) < 4.78 is 0. The van der Waals surface area contributed by atoms with Gasteiger partial charge in [0.15, 0.2) is 5.78 Å². The van der Waals surface area contributed by atoms with E-state index in [0.717, 1.165) is 25.9 Å². The van der Waals surface area contributed by atoms with Crippen LogP contribution in [-0.4, -0.2) is 29.9 Å². The molecule has 0 saturated heterocycles. The summed E-state index contributed by atoms with van der Waals surface area (Å²) in [6.07, 6.45) is 2.99. The molecule has 0 saturated carbocycles. The van der Waals surface area contributed by atoms with E-state index >= 15 is 0 Å².